The molecule has 0 atom stereocenters. The number of halogens is 1. The largest absolute Gasteiger partial charge is 0.441 e. The van der Waals surface area contributed by atoms with E-state index in [1.807, 2.05) is 55.4 Å². The number of amides is 1. The van der Waals surface area contributed by atoms with Crippen LogP contribution in [0.2, 0.25) is 5.02 Å². The first kappa shape index (κ1) is 17.0. The van der Waals surface area contributed by atoms with Gasteiger partial charge in [-0.2, -0.15) is 0 Å². The number of aryl methyl sites for hydroxylation is 1. The van der Waals surface area contributed by atoms with Crippen molar-refractivity contribution in [2.75, 3.05) is 24.3 Å². The highest BCUT2D eigenvalue weighted by atomic mass is 35.5. The van der Waals surface area contributed by atoms with Crippen LogP contribution in [-0.2, 0) is 0 Å². The molecule has 0 aliphatic carbocycles. The minimum atomic E-state index is -0.339. The van der Waals surface area contributed by atoms with E-state index in [4.69, 9.17) is 16.0 Å². The molecule has 3 rings (SSSR count). The summed E-state index contributed by atoms with van der Waals surface area (Å²) >= 11 is 6.06. The normalized spacial score (nSPS) is 10.6. The number of carbonyl (C=O) groups is 1. The van der Waals surface area contributed by atoms with Crippen LogP contribution < -0.4 is 10.2 Å². The molecule has 6 heteroatoms. The van der Waals surface area contributed by atoms with E-state index >= 15 is 0 Å². The van der Waals surface area contributed by atoms with Gasteiger partial charge < -0.3 is 14.6 Å². The molecule has 0 spiro atoms. The molecule has 1 heterocycles. The molecule has 128 valence electrons. The number of oxazole rings is 1. The number of aromatic nitrogens is 1. The zero-order valence-corrected chi connectivity index (χ0v) is 15.0. The van der Waals surface area contributed by atoms with E-state index in [9.17, 15) is 4.79 Å². The van der Waals surface area contributed by atoms with Crippen LogP contribution in [0.15, 0.2) is 52.9 Å². The average molecular weight is 356 g/mol. The van der Waals surface area contributed by atoms with Gasteiger partial charge in [0.05, 0.1) is 11.4 Å². The lowest BCUT2D eigenvalue weighted by molar-refractivity contribution is 0.102. The van der Waals surface area contributed by atoms with Crippen molar-refractivity contribution in [3.63, 3.8) is 0 Å². The zero-order valence-electron chi connectivity index (χ0n) is 14.2. The standard InChI is InChI=1S/C19H18ClN3O2/c1-12-17(22-19(25-12)13-7-5-4-6-8-13)18(24)21-15-11-14(20)9-10-16(15)23(2)3/h4-11H,1-3H3,(H,21,24). The lowest BCUT2D eigenvalue weighted by atomic mass is 10.2. The molecule has 0 aliphatic rings. The smallest absolute Gasteiger partial charge is 0.277 e. The third-order valence-corrected chi connectivity index (χ3v) is 3.96. The topological polar surface area (TPSA) is 58.4 Å². The second-order valence-corrected chi connectivity index (χ2v) is 6.24. The monoisotopic (exact) mass is 355 g/mol. The van der Waals surface area contributed by atoms with Crippen LogP contribution in [0.4, 0.5) is 11.4 Å². The Morgan fingerprint density at radius 3 is 2.56 bits per heavy atom. The van der Waals surface area contributed by atoms with Gasteiger partial charge >= 0.3 is 0 Å². The van der Waals surface area contributed by atoms with E-state index in [-0.39, 0.29) is 11.6 Å². The van der Waals surface area contributed by atoms with E-state index in [0.717, 1.165) is 11.3 Å². The molecule has 0 saturated carbocycles. The van der Waals surface area contributed by atoms with Crippen molar-refractivity contribution in [2.45, 2.75) is 6.92 Å². The lowest BCUT2D eigenvalue weighted by Gasteiger charge is -2.17. The van der Waals surface area contributed by atoms with E-state index in [1.54, 1.807) is 19.1 Å². The number of hydrogen-bond donors (Lipinski definition) is 1. The molecule has 0 radical (unpaired) electrons. The predicted octanol–water partition coefficient (Wildman–Crippen LogP) is 4.62. The minimum absolute atomic E-state index is 0.253. The molecule has 5 nitrogen and oxygen atoms in total. The summed E-state index contributed by atoms with van der Waals surface area (Å²) in [6.07, 6.45) is 0. The van der Waals surface area contributed by atoms with Gasteiger partial charge in [-0.25, -0.2) is 4.98 Å². The fourth-order valence-corrected chi connectivity index (χ4v) is 2.66. The van der Waals surface area contributed by atoms with E-state index in [0.29, 0.717) is 22.4 Å². The van der Waals surface area contributed by atoms with E-state index < -0.39 is 0 Å². The van der Waals surface area contributed by atoms with Gasteiger partial charge in [-0.1, -0.05) is 29.8 Å². The molecular formula is C19H18ClN3O2. The number of benzene rings is 2. The van der Waals surface area contributed by atoms with Crippen molar-refractivity contribution in [1.29, 1.82) is 0 Å². The second kappa shape index (κ2) is 6.99. The average Bonchev–Trinajstić information content (AvgIpc) is 2.97. The van der Waals surface area contributed by atoms with Crippen molar-refractivity contribution in [3.8, 4) is 11.5 Å². The van der Waals surface area contributed by atoms with Crippen molar-refractivity contribution < 1.29 is 9.21 Å². The highest BCUT2D eigenvalue weighted by Crippen LogP contribution is 2.29. The second-order valence-electron chi connectivity index (χ2n) is 5.80. The zero-order chi connectivity index (χ0) is 18.0. The van der Waals surface area contributed by atoms with Gasteiger partial charge in [-0.05, 0) is 37.3 Å². The highest BCUT2D eigenvalue weighted by molar-refractivity contribution is 6.31. The van der Waals surface area contributed by atoms with Crippen LogP contribution in [-0.4, -0.2) is 25.0 Å². The Bertz CT molecular complexity index is 904. The Kier molecular flexibility index (Phi) is 4.76. The van der Waals surface area contributed by atoms with Gasteiger partial charge in [0.25, 0.3) is 5.91 Å². The van der Waals surface area contributed by atoms with E-state index in [1.165, 1.54) is 0 Å². The summed E-state index contributed by atoms with van der Waals surface area (Å²) < 4.78 is 5.65. The third kappa shape index (κ3) is 3.67. The Morgan fingerprint density at radius 2 is 1.88 bits per heavy atom. The molecular weight excluding hydrogens is 338 g/mol. The Hall–Kier alpha value is -2.79. The summed E-state index contributed by atoms with van der Waals surface area (Å²) in [6, 6.07) is 14.8. The summed E-state index contributed by atoms with van der Waals surface area (Å²) in [5, 5.41) is 3.41. The van der Waals surface area contributed by atoms with Gasteiger partial charge in [0.1, 0.15) is 5.76 Å². The predicted molar refractivity (Wildman–Crippen MR) is 100 cm³/mol. The first-order valence-corrected chi connectivity index (χ1v) is 8.14. The molecule has 0 aliphatic heterocycles. The third-order valence-electron chi connectivity index (χ3n) is 3.72. The van der Waals surface area contributed by atoms with Crippen molar-refractivity contribution in [2.24, 2.45) is 0 Å². The summed E-state index contributed by atoms with van der Waals surface area (Å²) in [5.74, 6) is 0.542. The Balaban J connectivity index is 1.90. The highest BCUT2D eigenvalue weighted by Gasteiger charge is 2.19. The first-order chi connectivity index (χ1) is 12.0. The quantitative estimate of drug-likeness (QED) is 0.741. The van der Waals surface area contributed by atoms with Gasteiger partial charge in [-0.15, -0.1) is 0 Å². The first-order valence-electron chi connectivity index (χ1n) is 7.77. The molecule has 1 N–H and O–H groups in total. The molecule has 0 unspecified atom stereocenters. The maximum Gasteiger partial charge on any atom is 0.277 e. The molecule has 25 heavy (non-hydrogen) atoms. The maximum atomic E-state index is 12.7. The van der Waals surface area contributed by atoms with E-state index in [2.05, 4.69) is 10.3 Å². The molecule has 3 aromatic rings. The maximum absolute atomic E-state index is 12.7. The van der Waals surface area contributed by atoms with Crippen LogP contribution in [0, 0.1) is 6.92 Å². The Morgan fingerprint density at radius 1 is 1.16 bits per heavy atom. The molecule has 1 aromatic heterocycles. The summed E-state index contributed by atoms with van der Waals surface area (Å²) in [7, 11) is 3.79. The number of nitrogens with zero attached hydrogens (tertiary/aromatic N) is 2. The van der Waals surface area contributed by atoms with Crippen LogP contribution >= 0.6 is 11.6 Å². The number of carbonyl (C=O) groups excluding carboxylic acids is 1. The SMILES string of the molecule is Cc1oc(-c2ccccc2)nc1C(=O)Nc1cc(Cl)ccc1N(C)C. The van der Waals surface area contributed by atoms with Crippen LogP contribution in [0.25, 0.3) is 11.5 Å². The van der Waals surface area contributed by atoms with Crippen molar-refractivity contribution in [1.82, 2.24) is 4.98 Å². The summed E-state index contributed by atoms with van der Waals surface area (Å²) in [6.45, 7) is 1.72. The van der Waals surface area contributed by atoms with Gasteiger partial charge in [0, 0.05) is 24.7 Å². The molecule has 0 bridgehead atoms. The summed E-state index contributed by atoms with van der Waals surface area (Å²) in [5.41, 5.74) is 2.54. The molecule has 2 aromatic carbocycles. The van der Waals surface area contributed by atoms with Gasteiger partial charge in [0.15, 0.2) is 5.69 Å². The van der Waals surface area contributed by atoms with Gasteiger partial charge in [-0.3, -0.25) is 4.79 Å². The fourth-order valence-electron chi connectivity index (χ4n) is 2.49. The number of hydrogen-bond acceptors (Lipinski definition) is 4. The van der Waals surface area contributed by atoms with Crippen LogP contribution in [0.5, 0.6) is 0 Å². The number of nitrogens with one attached hydrogen (secondary N) is 1. The fraction of sp³-hybridized carbons (Fsp3) is 0.158. The molecule has 0 saturated heterocycles. The van der Waals surface area contributed by atoms with Crippen LogP contribution in [0.3, 0.4) is 0 Å². The molecule has 1 amide bonds. The number of anilines is 2. The summed E-state index contributed by atoms with van der Waals surface area (Å²) in [4.78, 5) is 18.9. The van der Waals surface area contributed by atoms with Crippen LogP contribution in [0.1, 0.15) is 16.2 Å². The minimum Gasteiger partial charge on any atom is -0.441 e. The number of rotatable bonds is 4. The molecule has 0 fully saturated rings. The van der Waals surface area contributed by atoms with Crippen molar-refractivity contribution >= 4 is 28.9 Å². The Labute approximate surface area is 151 Å². The lowest BCUT2D eigenvalue weighted by Crippen LogP contribution is -2.17. The van der Waals surface area contributed by atoms with Crippen molar-refractivity contribution in [3.05, 3.63) is 65.0 Å². The van der Waals surface area contributed by atoms with Gasteiger partial charge in [0.2, 0.25) is 5.89 Å².